The summed E-state index contributed by atoms with van der Waals surface area (Å²) in [6, 6.07) is 4.82. The van der Waals surface area contributed by atoms with Gasteiger partial charge in [0.2, 0.25) is 0 Å². The Kier molecular flexibility index (Phi) is 5.76. The topological polar surface area (TPSA) is 55.1 Å². The summed E-state index contributed by atoms with van der Waals surface area (Å²) in [7, 11) is 0. The number of nitrogens with one attached hydrogen (secondary N) is 1. The van der Waals surface area contributed by atoms with Crippen molar-refractivity contribution in [2.45, 2.75) is 44.7 Å². The monoisotopic (exact) mass is 286 g/mol. The maximum Gasteiger partial charge on any atom is 0.251 e. The SMILES string of the molecule is Cc1cc(F)cc(C(=O)NC2CCC(N)CC2)c1.Cl. The van der Waals surface area contributed by atoms with Crippen molar-refractivity contribution in [2.75, 3.05) is 0 Å². The van der Waals surface area contributed by atoms with Gasteiger partial charge in [-0.15, -0.1) is 12.4 Å². The van der Waals surface area contributed by atoms with Crippen LogP contribution < -0.4 is 11.1 Å². The number of rotatable bonds is 2. The summed E-state index contributed by atoms with van der Waals surface area (Å²) >= 11 is 0. The summed E-state index contributed by atoms with van der Waals surface area (Å²) in [6.07, 6.45) is 3.68. The molecule has 2 rings (SSSR count). The third-order valence-electron chi connectivity index (χ3n) is 3.41. The van der Waals surface area contributed by atoms with Crippen LogP contribution in [0.1, 0.15) is 41.6 Å². The van der Waals surface area contributed by atoms with Crippen molar-refractivity contribution < 1.29 is 9.18 Å². The highest BCUT2D eigenvalue weighted by Gasteiger charge is 2.20. The summed E-state index contributed by atoms with van der Waals surface area (Å²) < 4.78 is 13.2. The number of hydrogen-bond acceptors (Lipinski definition) is 2. The number of carbonyl (C=O) groups excluding carboxylic acids is 1. The molecule has 1 saturated carbocycles. The Hall–Kier alpha value is -1.13. The Morgan fingerprint density at radius 2 is 1.89 bits per heavy atom. The number of halogens is 2. The highest BCUT2D eigenvalue weighted by atomic mass is 35.5. The van der Waals surface area contributed by atoms with Crippen LogP contribution in [0.5, 0.6) is 0 Å². The maximum atomic E-state index is 13.2. The highest BCUT2D eigenvalue weighted by Crippen LogP contribution is 2.17. The van der Waals surface area contributed by atoms with Crippen LogP contribution in [0.15, 0.2) is 18.2 Å². The Labute approximate surface area is 119 Å². The van der Waals surface area contributed by atoms with Gasteiger partial charge in [-0.1, -0.05) is 0 Å². The van der Waals surface area contributed by atoms with Gasteiger partial charge in [0.1, 0.15) is 5.82 Å². The lowest BCUT2D eigenvalue weighted by Gasteiger charge is -2.26. The van der Waals surface area contributed by atoms with E-state index in [1.807, 2.05) is 0 Å². The number of benzene rings is 1. The van der Waals surface area contributed by atoms with Gasteiger partial charge in [0.05, 0.1) is 0 Å². The molecule has 0 bridgehead atoms. The van der Waals surface area contributed by atoms with E-state index >= 15 is 0 Å². The summed E-state index contributed by atoms with van der Waals surface area (Å²) in [5.74, 6) is -0.566. The third-order valence-corrected chi connectivity index (χ3v) is 3.41. The predicted molar refractivity (Wildman–Crippen MR) is 76.1 cm³/mol. The van der Waals surface area contributed by atoms with Gasteiger partial charge in [0.25, 0.3) is 5.91 Å². The first kappa shape index (κ1) is 15.9. The molecule has 1 aromatic rings. The summed E-state index contributed by atoms with van der Waals surface area (Å²) in [5.41, 5.74) is 6.96. The zero-order chi connectivity index (χ0) is 13.1. The summed E-state index contributed by atoms with van der Waals surface area (Å²) in [5, 5.41) is 2.95. The lowest BCUT2D eigenvalue weighted by Crippen LogP contribution is -2.40. The number of nitrogens with two attached hydrogens (primary N) is 1. The van der Waals surface area contributed by atoms with E-state index in [4.69, 9.17) is 5.73 Å². The standard InChI is InChI=1S/C14H19FN2O.ClH/c1-9-6-10(8-11(15)7-9)14(18)17-13-4-2-12(16)3-5-13;/h6-8,12-13H,2-5,16H2,1H3,(H,17,18);1H. The first-order valence-electron chi connectivity index (χ1n) is 6.38. The quantitative estimate of drug-likeness (QED) is 0.878. The molecule has 0 heterocycles. The fourth-order valence-electron chi connectivity index (χ4n) is 2.40. The Morgan fingerprint density at radius 1 is 1.26 bits per heavy atom. The number of carbonyl (C=O) groups is 1. The Bertz CT molecular complexity index is 425. The molecule has 3 nitrogen and oxygen atoms in total. The average molecular weight is 287 g/mol. The molecular formula is C14H20ClFN2O. The molecule has 5 heteroatoms. The Morgan fingerprint density at radius 3 is 2.47 bits per heavy atom. The van der Waals surface area contributed by atoms with Gasteiger partial charge in [0, 0.05) is 17.6 Å². The second-order valence-electron chi connectivity index (χ2n) is 5.10. The van der Waals surface area contributed by atoms with Crippen LogP contribution in [0.2, 0.25) is 0 Å². The fraction of sp³-hybridized carbons (Fsp3) is 0.500. The molecule has 106 valence electrons. The van der Waals surface area contributed by atoms with Crippen LogP contribution in [0.3, 0.4) is 0 Å². The van der Waals surface area contributed by atoms with E-state index in [2.05, 4.69) is 5.32 Å². The third kappa shape index (κ3) is 4.48. The minimum Gasteiger partial charge on any atom is -0.349 e. The van der Waals surface area contributed by atoms with Crippen LogP contribution >= 0.6 is 12.4 Å². The van der Waals surface area contributed by atoms with Gasteiger partial charge in [-0.05, 0) is 56.4 Å². The summed E-state index contributed by atoms with van der Waals surface area (Å²) in [4.78, 5) is 12.0. The van der Waals surface area contributed by atoms with Crippen LogP contribution in [-0.4, -0.2) is 18.0 Å². The minimum absolute atomic E-state index is 0. The average Bonchev–Trinajstić information content (AvgIpc) is 2.31. The van der Waals surface area contributed by atoms with E-state index in [1.165, 1.54) is 12.1 Å². The summed E-state index contributed by atoms with van der Waals surface area (Å²) in [6.45, 7) is 1.78. The molecule has 0 radical (unpaired) electrons. The molecule has 1 aliphatic rings. The first-order valence-corrected chi connectivity index (χ1v) is 6.38. The molecule has 1 amide bonds. The van der Waals surface area contributed by atoms with Gasteiger partial charge >= 0.3 is 0 Å². The molecule has 19 heavy (non-hydrogen) atoms. The molecule has 1 fully saturated rings. The van der Waals surface area contributed by atoms with Crippen LogP contribution in [0.4, 0.5) is 4.39 Å². The first-order chi connectivity index (χ1) is 8.54. The van der Waals surface area contributed by atoms with E-state index in [0.717, 1.165) is 31.2 Å². The van der Waals surface area contributed by atoms with Crippen molar-refractivity contribution in [2.24, 2.45) is 5.73 Å². The zero-order valence-electron chi connectivity index (χ0n) is 11.0. The van der Waals surface area contributed by atoms with Crippen LogP contribution in [-0.2, 0) is 0 Å². The molecule has 0 saturated heterocycles. The maximum absolute atomic E-state index is 13.2. The second kappa shape index (κ2) is 6.87. The predicted octanol–water partition coefficient (Wildman–Crippen LogP) is 2.56. The van der Waals surface area contributed by atoms with Crippen molar-refractivity contribution in [3.8, 4) is 0 Å². The largest absolute Gasteiger partial charge is 0.349 e. The van der Waals surface area contributed by atoms with Crippen molar-refractivity contribution >= 4 is 18.3 Å². The lowest BCUT2D eigenvalue weighted by atomic mass is 9.91. The van der Waals surface area contributed by atoms with Gasteiger partial charge in [-0.3, -0.25) is 4.79 Å². The molecule has 0 spiro atoms. The van der Waals surface area contributed by atoms with E-state index < -0.39 is 0 Å². The van der Waals surface area contributed by atoms with E-state index in [-0.39, 0.29) is 36.2 Å². The molecule has 0 atom stereocenters. The molecule has 1 aromatic carbocycles. The van der Waals surface area contributed by atoms with Crippen LogP contribution in [0.25, 0.3) is 0 Å². The molecule has 1 aliphatic carbocycles. The molecular weight excluding hydrogens is 267 g/mol. The fourth-order valence-corrected chi connectivity index (χ4v) is 2.40. The molecule has 3 N–H and O–H groups in total. The van der Waals surface area contributed by atoms with Gasteiger partial charge < -0.3 is 11.1 Å². The van der Waals surface area contributed by atoms with Crippen molar-refractivity contribution in [3.63, 3.8) is 0 Å². The second-order valence-corrected chi connectivity index (χ2v) is 5.10. The van der Waals surface area contributed by atoms with Gasteiger partial charge in [-0.2, -0.15) is 0 Å². The minimum atomic E-state index is -0.370. The van der Waals surface area contributed by atoms with Gasteiger partial charge in [-0.25, -0.2) is 4.39 Å². The van der Waals surface area contributed by atoms with E-state index in [9.17, 15) is 9.18 Å². The highest BCUT2D eigenvalue weighted by molar-refractivity contribution is 5.94. The normalized spacial score (nSPS) is 22.5. The molecule has 0 aromatic heterocycles. The van der Waals surface area contributed by atoms with E-state index in [1.54, 1.807) is 13.0 Å². The number of aryl methyl sites for hydroxylation is 1. The molecule has 0 aliphatic heterocycles. The number of hydrogen-bond donors (Lipinski definition) is 2. The van der Waals surface area contributed by atoms with Crippen molar-refractivity contribution in [1.29, 1.82) is 0 Å². The van der Waals surface area contributed by atoms with Gasteiger partial charge in [0.15, 0.2) is 0 Å². The molecule has 0 unspecified atom stereocenters. The van der Waals surface area contributed by atoms with Crippen molar-refractivity contribution in [1.82, 2.24) is 5.32 Å². The lowest BCUT2D eigenvalue weighted by molar-refractivity contribution is 0.0925. The number of amides is 1. The van der Waals surface area contributed by atoms with Crippen molar-refractivity contribution in [3.05, 3.63) is 35.1 Å². The van der Waals surface area contributed by atoms with E-state index in [0.29, 0.717) is 5.56 Å². The zero-order valence-corrected chi connectivity index (χ0v) is 11.8. The smallest absolute Gasteiger partial charge is 0.251 e. The Balaban J connectivity index is 0.00000180. The van der Waals surface area contributed by atoms with Crippen LogP contribution in [0, 0.1) is 12.7 Å².